The normalized spacial score (nSPS) is 15.1. The Morgan fingerprint density at radius 3 is 1.67 bits per heavy atom. The number of hydrogen-bond donors (Lipinski definition) is 9. The van der Waals surface area contributed by atoms with E-state index in [-0.39, 0.29) is 6.42 Å². The van der Waals surface area contributed by atoms with Gasteiger partial charge >= 0.3 is 5.97 Å². The number of nitrogens with two attached hydrogens (primary N) is 4. The van der Waals surface area contributed by atoms with Gasteiger partial charge in [0.15, 0.2) is 6.04 Å². The van der Waals surface area contributed by atoms with Crippen LogP contribution in [0.4, 0.5) is 0 Å². The zero-order chi connectivity index (χ0) is 25.9. The second-order valence-electron chi connectivity index (χ2n) is 7.14. The third-order valence-electron chi connectivity index (χ3n) is 4.15. The van der Waals surface area contributed by atoms with Crippen LogP contribution in [0.15, 0.2) is 0 Å². The number of carbonyl (C=O) groups is 7. The van der Waals surface area contributed by atoms with Crippen molar-refractivity contribution in [3.05, 3.63) is 0 Å². The highest BCUT2D eigenvalue weighted by Crippen LogP contribution is 2.03. The molecule has 0 aliphatic rings. The summed E-state index contributed by atoms with van der Waals surface area (Å²) in [5, 5.41) is 24.9. The summed E-state index contributed by atoms with van der Waals surface area (Å²) in [5.74, 6) is -7.55. The van der Waals surface area contributed by atoms with Gasteiger partial charge in [0.2, 0.25) is 35.4 Å². The fourth-order valence-electron chi connectivity index (χ4n) is 2.47. The first-order valence-electron chi connectivity index (χ1n) is 9.58. The first kappa shape index (κ1) is 29.2. The molecule has 0 saturated carbocycles. The minimum Gasteiger partial charge on any atom is -0.480 e. The quantitative estimate of drug-likeness (QED) is 0.108. The van der Waals surface area contributed by atoms with E-state index in [1.54, 1.807) is 0 Å². The summed E-state index contributed by atoms with van der Waals surface area (Å²) in [7, 11) is 0. The topological polar surface area (TPSA) is 300 Å². The molecule has 16 heteroatoms. The summed E-state index contributed by atoms with van der Waals surface area (Å²) < 4.78 is 0. The number of aliphatic hydroxyl groups excluding tert-OH is 1. The van der Waals surface area contributed by atoms with Crippen LogP contribution in [0.1, 0.15) is 32.6 Å². The van der Waals surface area contributed by atoms with Crippen LogP contribution in [0.25, 0.3) is 0 Å². The number of rotatable bonds is 15. The van der Waals surface area contributed by atoms with E-state index in [4.69, 9.17) is 28.0 Å². The molecule has 0 aliphatic carbocycles. The van der Waals surface area contributed by atoms with E-state index in [0.717, 1.165) is 6.92 Å². The highest BCUT2D eigenvalue weighted by atomic mass is 16.4. The van der Waals surface area contributed by atoms with Gasteiger partial charge in [0.1, 0.15) is 12.1 Å². The fourth-order valence-corrected chi connectivity index (χ4v) is 2.47. The molecule has 5 unspecified atom stereocenters. The average molecular weight is 475 g/mol. The number of aliphatic carboxylic acids is 1. The van der Waals surface area contributed by atoms with Crippen molar-refractivity contribution < 1.29 is 43.8 Å². The molecule has 0 bridgehead atoms. The molecule has 0 fully saturated rings. The summed E-state index contributed by atoms with van der Waals surface area (Å²) >= 11 is 0. The minimum atomic E-state index is -1.74. The Balaban J connectivity index is 5.60. The number of carbonyl (C=O) groups excluding carboxylic acids is 6. The Bertz CT molecular complexity index is 787. The fraction of sp³-hybridized carbons (Fsp3) is 0.588. The standard InChI is InChI=1S/C17H29N7O9/c1-6(25)13(17(32)33)24-15(30)8(2-3-10(19)26)22-16(31)9(5-12(21)28)23-14(29)7(18)4-11(20)27/h6-9,13,25H,2-5,18H2,1H3,(H2,19,26)(H2,20,27)(H2,21,28)(H,22,31)(H,23,29)(H,24,30)(H,32,33). The maximum absolute atomic E-state index is 12.6. The van der Waals surface area contributed by atoms with E-state index in [1.807, 2.05) is 5.32 Å². The molecule has 0 rings (SSSR count). The lowest BCUT2D eigenvalue weighted by Crippen LogP contribution is -2.59. The third-order valence-corrected chi connectivity index (χ3v) is 4.15. The maximum Gasteiger partial charge on any atom is 0.328 e. The van der Waals surface area contributed by atoms with Crippen LogP contribution in [0.2, 0.25) is 0 Å². The Kier molecular flexibility index (Phi) is 12.0. The van der Waals surface area contributed by atoms with Gasteiger partial charge in [0, 0.05) is 6.42 Å². The van der Waals surface area contributed by atoms with Gasteiger partial charge in [-0.15, -0.1) is 0 Å². The lowest BCUT2D eigenvalue weighted by Gasteiger charge is -2.25. The Labute approximate surface area is 187 Å². The van der Waals surface area contributed by atoms with Crippen molar-refractivity contribution in [2.24, 2.45) is 22.9 Å². The van der Waals surface area contributed by atoms with Gasteiger partial charge in [-0.1, -0.05) is 0 Å². The molecular weight excluding hydrogens is 446 g/mol. The number of nitrogens with one attached hydrogen (secondary N) is 3. The van der Waals surface area contributed by atoms with Gasteiger partial charge in [-0.3, -0.25) is 28.8 Å². The average Bonchev–Trinajstić information content (AvgIpc) is 2.66. The predicted molar refractivity (Wildman–Crippen MR) is 109 cm³/mol. The molecular formula is C17H29N7O9. The second kappa shape index (κ2) is 13.6. The van der Waals surface area contributed by atoms with Gasteiger partial charge in [-0.25, -0.2) is 4.79 Å². The van der Waals surface area contributed by atoms with Gasteiger partial charge in [0.05, 0.1) is 25.0 Å². The minimum absolute atomic E-state index is 0.377. The predicted octanol–water partition coefficient (Wildman–Crippen LogP) is -5.75. The monoisotopic (exact) mass is 475 g/mol. The summed E-state index contributed by atoms with van der Waals surface area (Å²) in [4.78, 5) is 81.8. The number of aliphatic hydroxyl groups is 1. The molecule has 5 atom stereocenters. The molecule has 186 valence electrons. The molecule has 0 aromatic heterocycles. The molecule has 0 aliphatic heterocycles. The van der Waals surface area contributed by atoms with E-state index in [9.17, 15) is 38.7 Å². The van der Waals surface area contributed by atoms with Gasteiger partial charge in [-0.05, 0) is 13.3 Å². The smallest absolute Gasteiger partial charge is 0.328 e. The van der Waals surface area contributed by atoms with Crippen molar-refractivity contribution in [2.75, 3.05) is 0 Å². The van der Waals surface area contributed by atoms with E-state index in [1.165, 1.54) is 0 Å². The van der Waals surface area contributed by atoms with Crippen LogP contribution in [0.3, 0.4) is 0 Å². The highest BCUT2D eigenvalue weighted by molar-refractivity contribution is 5.97. The lowest BCUT2D eigenvalue weighted by molar-refractivity contribution is -0.145. The van der Waals surface area contributed by atoms with Crippen molar-refractivity contribution in [1.82, 2.24) is 16.0 Å². The molecule has 0 saturated heterocycles. The van der Waals surface area contributed by atoms with Gasteiger partial charge in [0.25, 0.3) is 0 Å². The Morgan fingerprint density at radius 2 is 1.24 bits per heavy atom. The molecule has 0 radical (unpaired) electrons. The Morgan fingerprint density at radius 1 is 0.758 bits per heavy atom. The molecule has 33 heavy (non-hydrogen) atoms. The maximum atomic E-state index is 12.6. The SMILES string of the molecule is CC(O)C(NC(=O)C(CCC(N)=O)NC(=O)C(CC(N)=O)NC(=O)C(N)CC(N)=O)C(=O)O. The summed E-state index contributed by atoms with van der Waals surface area (Å²) in [6.07, 6.45) is -3.57. The van der Waals surface area contributed by atoms with E-state index in [0.29, 0.717) is 0 Å². The molecule has 13 N–H and O–H groups in total. The number of amides is 6. The van der Waals surface area contributed by atoms with E-state index >= 15 is 0 Å². The van der Waals surface area contributed by atoms with Crippen LogP contribution in [-0.2, 0) is 33.6 Å². The molecule has 0 spiro atoms. The van der Waals surface area contributed by atoms with Crippen molar-refractivity contribution in [1.29, 1.82) is 0 Å². The van der Waals surface area contributed by atoms with Crippen molar-refractivity contribution >= 4 is 41.4 Å². The van der Waals surface area contributed by atoms with Crippen LogP contribution in [0.5, 0.6) is 0 Å². The van der Waals surface area contributed by atoms with Gasteiger partial charge < -0.3 is 49.1 Å². The zero-order valence-electron chi connectivity index (χ0n) is 17.8. The van der Waals surface area contributed by atoms with Crippen molar-refractivity contribution in [3.8, 4) is 0 Å². The van der Waals surface area contributed by atoms with E-state index < -0.39 is 90.9 Å². The third kappa shape index (κ3) is 11.4. The second-order valence-corrected chi connectivity index (χ2v) is 7.14. The number of hydrogen-bond acceptors (Lipinski definition) is 9. The molecule has 0 heterocycles. The van der Waals surface area contributed by atoms with Crippen LogP contribution in [0, 0.1) is 0 Å². The van der Waals surface area contributed by atoms with Crippen molar-refractivity contribution in [3.63, 3.8) is 0 Å². The van der Waals surface area contributed by atoms with Crippen LogP contribution in [-0.4, -0.2) is 81.9 Å². The first-order valence-corrected chi connectivity index (χ1v) is 9.58. The number of carboxylic acid groups (broad SMARTS) is 1. The van der Waals surface area contributed by atoms with Gasteiger partial charge in [-0.2, -0.15) is 0 Å². The first-order chi connectivity index (χ1) is 15.1. The van der Waals surface area contributed by atoms with Crippen molar-refractivity contribution in [2.45, 2.75) is 62.9 Å². The Hall–Kier alpha value is -3.79. The number of primary amides is 3. The summed E-state index contributed by atoms with van der Waals surface area (Å²) in [5.41, 5.74) is 20.6. The molecule has 0 aromatic rings. The molecule has 0 aromatic carbocycles. The highest BCUT2D eigenvalue weighted by Gasteiger charge is 2.32. The van der Waals surface area contributed by atoms with E-state index in [2.05, 4.69) is 10.6 Å². The summed E-state index contributed by atoms with van der Waals surface area (Å²) in [6.45, 7) is 1.10. The lowest BCUT2D eigenvalue weighted by atomic mass is 10.1. The van der Waals surface area contributed by atoms with Crippen LogP contribution < -0.4 is 38.9 Å². The van der Waals surface area contributed by atoms with Crippen LogP contribution >= 0.6 is 0 Å². The summed E-state index contributed by atoms with van der Waals surface area (Å²) in [6, 6.07) is -6.36. The zero-order valence-corrected chi connectivity index (χ0v) is 17.8. The number of carboxylic acids is 1. The largest absolute Gasteiger partial charge is 0.480 e. The molecule has 16 nitrogen and oxygen atoms in total. The molecule has 6 amide bonds.